The van der Waals surface area contributed by atoms with E-state index in [9.17, 15) is 31.4 Å². The molecule has 0 aromatic heterocycles. The van der Waals surface area contributed by atoms with Crippen molar-refractivity contribution in [1.82, 2.24) is 5.32 Å². The Balaban J connectivity index is 1.73. The van der Waals surface area contributed by atoms with Gasteiger partial charge in [0.25, 0.3) is 0 Å². The van der Waals surface area contributed by atoms with Crippen LogP contribution in [-0.4, -0.2) is 47.9 Å². The number of alkyl halides is 6. The maximum absolute atomic E-state index is 13.4. The van der Waals surface area contributed by atoms with Crippen molar-refractivity contribution in [2.75, 3.05) is 0 Å². The number of nitrogens with one attached hydrogen (secondary N) is 1. The van der Waals surface area contributed by atoms with Gasteiger partial charge >= 0.3 is 12.4 Å². The van der Waals surface area contributed by atoms with Crippen LogP contribution in [0.5, 0.6) is 0 Å². The summed E-state index contributed by atoms with van der Waals surface area (Å²) in [7, 11) is 0. The molecule has 0 saturated carbocycles. The van der Waals surface area contributed by atoms with Gasteiger partial charge in [-0.2, -0.15) is 26.3 Å². The van der Waals surface area contributed by atoms with Gasteiger partial charge in [-0.25, -0.2) is 0 Å². The molecule has 0 amide bonds. The summed E-state index contributed by atoms with van der Waals surface area (Å²) in [4.78, 5) is 4.17. The van der Waals surface area contributed by atoms with Crippen molar-refractivity contribution in [3.8, 4) is 0 Å². The van der Waals surface area contributed by atoms with E-state index in [1.807, 2.05) is 6.08 Å². The van der Waals surface area contributed by atoms with Gasteiger partial charge in [0.15, 0.2) is 0 Å². The number of nitrogens with zero attached hydrogens (tertiary/aromatic N) is 1. The highest BCUT2D eigenvalue weighted by Gasteiger charge is 2.48. The molecule has 4 unspecified atom stereocenters. The molecule has 3 aliphatic rings. The molecule has 6 atom stereocenters. The lowest BCUT2D eigenvalue weighted by atomic mass is 9.74. The van der Waals surface area contributed by atoms with Crippen LogP contribution >= 0.6 is 0 Å². The lowest BCUT2D eigenvalue weighted by Crippen LogP contribution is -2.57. The summed E-state index contributed by atoms with van der Waals surface area (Å²) in [5.74, 6) is -0.930. The van der Waals surface area contributed by atoms with Crippen molar-refractivity contribution in [2.45, 2.75) is 75.1 Å². The zero-order valence-electron chi connectivity index (χ0n) is 15.2. The largest absolute Gasteiger partial charge is 0.412 e. The molecule has 0 radical (unpaired) electrons. The van der Waals surface area contributed by atoms with Crippen LogP contribution in [0.4, 0.5) is 26.3 Å². The second-order valence-corrected chi connectivity index (χ2v) is 7.88. The average Bonchev–Trinajstić information content (AvgIpc) is 2.66. The number of aliphatic hydroxyl groups is 1. The maximum atomic E-state index is 13.4. The highest BCUT2D eigenvalue weighted by atomic mass is 19.4. The zero-order chi connectivity index (χ0) is 20.5. The molecule has 2 N–H and O–H groups in total. The smallest absolute Gasteiger partial charge is 0.391 e. The van der Waals surface area contributed by atoms with Crippen LogP contribution in [0.1, 0.15) is 38.5 Å². The fraction of sp³-hybridized carbons (Fsp3) is 0.737. The number of piperidine rings is 1. The molecule has 1 aliphatic carbocycles. The van der Waals surface area contributed by atoms with Gasteiger partial charge in [0.05, 0.1) is 12.1 Å². The van der Waals surface area contributed by atoms with Gasteiger partial charge in [-0.3, -0.25) is 4.99 Å². The Kier molecular flexibility index (Phi) is 6.24. The summed E-state index contributed by atoms with van der Waals surface area (Å²) in [6, 6.07) is -2.85. The van der Waals surface area contributed by atoms with E-state index < -0.39 is 48.1 Å². The summed E-state index contributed by atoms with van der Waals surface area (Å²) >= 11 is 0. The van der Waals surface area contributed by atoms with Crippen molar-refractivity contribution < 1.29 is 31.4 Å². The molecule has 3 rings (SSSR count). The molecule has 0 spiro atoms. The lowest BCUT2D eigenvalue weighted by molar-refractivity contribution is -0.172. The van der Waals surface area contributed by atoms with Crippen LogP contribution in [0.3, 0.4) is 0 Å². The first kappa shape index (κ1) is 21.4. The molecule has 0 aromatic carbocycles. The van der Waals surface area contributed by atoms with E-state index in [-0.39, 0.29) is 31.6 Å². The molecule has 28 heavy (non-hydrogen) atoms. The van der Waals surface area contributed by atoms with Gasteiger partial charge in [0.2, 0.25) is 0 Å². The highest BCUT2D eigenvalue weighted by molar-refractivity contribution is 5.72. The molecule has 1 fully saturated rings. The topological polar surface area (TPSA) is 44.6 Å². The van der Waals surface area contributed by atoms with E-state index in [0.29, 0.717) is 12.8 Å². The summed E-state index contributed by atoms with van der Waals surface area (Å²) in [5.41, 5.74) is -0.605. The van der Waals surface area contributed by atoms with Crippen molar-refractivity contribution in [1.29, 1.82) is 0 Å². The molecular weight excluding hydrogens is 386 g/mol. The summed E-state index contributed by atoms with van der Waals surface area (Å²) < 4.78 is 78.8. The van der Waals surface area contributed by atoms with E-state index in [0.717, 1.165) is 6.08 Å². The summed E-state index contributed by atoms with van der Waals surface area (Å²) in [6.45, 7) is 0. The lowest BCUT2D eigenvalue weighted by Gasteiger charge is -2.43. The van der Waals surface area contributed by atoms with Crippen LogP contribution in [0.25, 0.3) is 0 Å². The van der Waals surface area contributed by atoms with E-state index in [2.05, 4.69) is 10.3 Å². The van der Waals surface area contributed by atoms with E-state index >= 15 is 0 Å². The Hall–Kier alpha value is -1.35. The standard InChI is InChI=1S/C19H24F6N2O/c20-18(21,22)13-6-4-11(5-7-13)15-9-12(10-16(27-15)19(23,24)25)17(28)14-3-1-2-8-26-14/h1-2,6,8,11-12,14-17,27-28H,3-5,7,9-10H2/t11?,12?,14-,15?,16?,17-/m1/s1. The van der Waals surface area contributed by atoms with Crippen molar-refractivity contribution in [2.24, 2.45) is 16.8 Å². The first-order chi connectivity index (χ1) is 13.1. The Morgan fingerprint density at radius 1 is 1.11 bits per heavy atom. The van der Waals surface area contributed by atoms with Gasteiger partial charge in [0, 0.05) is 17.8 Å². The number of halogens is 6. The Morgan fingerprint density at radius 3 is 2.39 bits per heavy atom. The molecular formula is C19H24F6N2O. The third-order valence-electron chi connectivity index (χ3n) is 6.04. The maximum Gasteiger partial charge on any atom is 0.412 e. The van der Waals surface area contributed by atoms with E-state index in [4.69, 9.17) is 0 Å². The van der Waals surface area contributed by atoms with Crippen LogP contribution in [-0.2, 0) is 0 Å². The summed E-state index contributed by atoms with van der Waals surface area (Å²) in [6.07, 6.45) is -3.12. The van der Waals surface area contributed by atoms with Crippen LogP contribution in [0.15, 0.2) is 28.8 Å². The van der Waals surface area contributed by atoms with Gasteiger partial charge < -0.3 is 10.4 Å². The van der Waals surface area contributed by atoms with Gasteiger partial charge in [0.1, 0.15) is 6.04 Å². The first-order valence-electron chi connectivity index (χ1n) is 9.51. The number of aliphatic imine (C=N–C) groups is 1. The minimum absolute atomic E-state index is 0.0875. The van der Waals surface area contributed by atoms with E-state index in [1.54, 1.807) is 6.08 Å². The number of allylic oxidation sites excluding steroid dienone is 3. The zero-order valence-corrected chi connectivity index (χ0v) is 15.2. The Labute approximate surface area is 159 Å². The SMILES string of the molecule is O[C@H](C1CC(C2CC=C(C(F)(F)F)CC2)NC(C(F)(F)F)C1)[C@H]1CC=CC=N1. The van der Waals surface area contributed by atoms with Crippen molar-refractivity contribution in [3.63, 3.8) is 0 Å². The normalized spacial score (nSPS) is 35.5. The van der Waals surface area contributed by atoms with Crippen LogP contribution in [0.2, 0.25) is 0 Å². The number of aliphatic hydroxyl groups excluding tert-OH is 1. The molecule has 9 heteroatoms. The first-order valence-corrected chi connectivity index (χ1v) is 9.51. The minimum Gasteiger partial charge on any atom is -0.391 e. The molecule has 2 heterocycles. The molecule has 1 saturated heterocycles. The average molecular weight is 410 g/mol. The minimum atomic E-state index is -4.48. The predicted molar refractivity (Wildman–Crippen MR) is 93.0 cm³/mol. The molecule has 158 valence electrons. The fourth-order valence-corrected chi connectivity index (χ4v) is 4.47. The molecule has 3 nitrogen and oxygen atoms in total. The van der Waals surface area contributed by atoms with Crippen molar-refractivity contribution >= 4 is 6.21 Å². The number of rotatable bonds is 3. The third-order valence-corrected chi connectivity index (χ3v) is 6.04. The number of hydrogen-bond acceptors (Lipinski definition) is 3. The van der Waals surface area contributed by atoms with E-state index in [1.165, 1.54) is 6.21 Å². The van der Waals surface area contributed by atoms with Gasteiger partial charge in [-0.1, -0.05) is 12.2 Å². The van der Waals surface area contributed by atoms with Crippen molar-refractivity contribution in [3.05, 3.63) is 23.8 Å². The summed E-state index contributed by atoms with van der Waals surface area (Å²) in [5, 5.41) is 13.2. The van der Waals surface area contributed by atoms with Crippen LogP contribution < -0.4 is 5.32 Å². The second kappa shape index (κ2) is 8.18. The van der Waals surface area contributed by atoms with Crippen LogP contribution in [0, 0.1) is 11.8 Å². The molecule has 2 aliphatic heterocycles. The number of dihydropyridines is 1. The molecule has 0 aromatic rings. The second-order valence-electron chi connectivity index (χ2n) is 7.88. The molecule has 0 bridgehead atoms. The monoisotopic (exact) mass is 410 g/mol. The third kappa shape index (κ3) is 4.97. The van der Waals surface area contributed by atoms with Gasteiger partial charge in [-0.05, 0) is 56.4 Å². The Bertz CT molecular complexity index is 639. The highest BCUT2D eigenvalue weighted by Crippen LogP contribution is 2.41. The predicted octanol–water partition coefficient (Wildman–Crippen LogP) is 4.33. The fourth-order valence-electron chi connectivity index (χ4n) is 4.47. The Morgan fingerprint density at radius 2 is 1.86 bits per heavy atom. The number of hydrogen-bond donors (Lipinski definition) is 2. The van der Waals surface area contributed by atoms with Gasteiger partial charge in [-0.15, -0.1) is 0 Å². The quantitative estimate of drug-likeness (QED) is 0.537.